The summed E-state index contributed by atoms with van der Waals surface area (Å²) in [6.45, 7) is 1.46. The molecule has 2 heterocycles. The number of ether oxygens (including phenoxy) is 1. The van der Waals surface area contributed by atoms with Crippen molar-refractivity contribution in [1.82, 2.24) is 14.8 Å². The molecule has 28 heavy (non-hydrogen) atoms. The van der Waals surface area contributed by atoms with Crippen LogP contribution in [0.15, 0.2) is 35.3 Å². The lowest BCUT2D eigenvalue weighted by molar-refractivity contribution is 0.0632. The summed E-state index contributed by atoms with van der Waals surface area (Å²) < 4.78 is 19.3. The van der Waals surface area contributed by atoms with Gasteiger partial charge in [0.2, 0.25) is 5.43 Å². The molecular formula is C19H20FN3O5. The highest BCUT2D eigenvalue weighted by Gasteiger charge is 2.30. The van der Waals surface area contributed by atoms with E-state index in [2.05, 4.69) is 5.32 Å². The Balaban J connectivity index is 1.81. The second-order valence-corrected chi connectivity index (χ2v) is 6.36. The number of rotatable bonds is 6. The number of benzene rings is 1. The first-order valence-corrected chi connectivity index (χ1v) is 8.69. The average molecular weight is 389 g/mol. The summed E-state index contributed by atoms with van der Waals surface area (Å²) in [5, 5.41) is 12.8. The number of halogens is 1. The monoisotopic (exact) mass is 389 g/mol. The Morgan fingerprint density at radius 1 is 1.25 bits per heavy atom. The Bertz CT molecular complexity index is 955. The molecule has 1 aliphatic heterocycles. The molecule has 0 saturated heterocycles. The number of aromatic nitrogens is 1. The zero-order valence-corrected chi connectivity index (χ0v) is 15.3. The number of carbonyl (C=O) groups excluding carboxylic acids is 2. The molecule has 148 valence electrons. The molecule has 9 heteroatoms. The molecule has 0 fully saturated rings. The Labute approximate surface area is 160 Å². The minimum atomic E-state index is -0.912. The highest BCUT2D eigenvalue weighted by molar-refractivity contribution is 5.99. The molecule has 0 spiro atoms. The first-order chi connectivity index (χ1) is 13.4. The average Bonchev–Trinajstić information content (AvgIpc) is 2.69. The molecule has 0 bridgehead atoms. The molecule has 0 saturated carbocycles. The SMILES string of the molecule is COCCN1CCn2cc(C(=O)NCc3ccc(F)cc3)c(=O)c(O)c2C1=O. The van der Waals surface area contributed by atoms with E-state index >= 15 is 0 Å². The highest BCUT2D eigenvalue weighted by Crippen LogP contribution is 2.20. The molecule has 0 radical (unpaired) electrons. The van der Waals surface area contributed by atoms with E-state index in [1.54, 1.807) is 0 Å². The zero-order valence-electron chi connectivity index (χ0n) is 15.3. The maximum atomic E-state index is 12.9. The van der Waals surface area contributed by atoms with E-state index in [0.29, 0.717) is 31.8 Å². The van der Waals surface area contributed by atoms with Crippen molar-refractivity contribution in [2.45, 2.75) is 13.1 Å². The zero-order chi connectivity index (χ0) is 20.3. The maximum Gasteiger partial charge on any atom is 0.274 e. The van der Waals surface area contributed by atoms with Gasteiger partial charge in [-0.25, -0.2) is 4.39 Å². The Hall–Kier alpha value is -3.20. The molecule has 2 amide bonds. The smallest absolute Gasteiger partial charge is 0.274 e. The molecule has 1 aliphatic rings. The number of amides is 2. The topological polar surface area (TPSA) is 101 Å². The van der Waals surface area contributed by atoms with Crippen molar-refractivity contribution < 1.29 is 23.8 Å². The van der Waals surface area contributed by atoms with Crippen LogP contribution in [-0.4, -0.2) is 53.2 Å². The summed E-state index contributed by atoms with van der Waals surface area (Å²) in [6, 6.07) is 5.56. The fourth-order valence-corrected chi connectivity index (χ4v) is 2.99. The summed E-state index contributed by atoms with van der Waals surface area (Å²) in [4.78, 5) is 38.9. The van der Waals surface area contributed by atoms with Gasteiger partial charge in [0, 0.05) is 39.5 Å². The van der Waals surface area contributed by atoms with Gasteiger partial charge in [-0.15, -0.1) is 0 Å². The number of pyridine rings is 1. The second-order valence-electron chi connectivity index (χ2n) is 6.36. The second kappa shape index (κ2) is 8.22. The number of aromatic hydroxyl groups is 1. The summed E-state index contributed by atoms with van der Waals surface area (Å²) in [7, 11) is 1.52. The van der Waals surface area contributed by atoms with Crippen LogP contribution >= 0.6 is 0 Å². The molecule has 0 unspecified atom stereocenters. The maximum absolute atomic E-state index is 12.9. The molecule has 1 aromatic carbocycles. The molecule has 2 aromatic rings. The van der Waals surface area contributed by atoms with Crippen LogP contribution in [0, 0.1) is 5.82 Å². The van der Waals surface area contributed by atoms with Gasteiger partial charge in [0.1, 0.15) is 11.4 Å². The number of methoxy groups -OCH3 is 1. The third-order valence-electron chi connectivity index (χ3n) is 4.53. The van der Waals surface area contributed by atoms with Crippen molar-refractivity contribution in [3.05, 3.63) is 63.3 Å². The molecular weight excluding hydrogens is 369 g/mol. The van der Waals surface area contributed by atoms with Crippen LogP contribution in [0.4, 0.5) is 4.39 Å². The molecule has 1 aromatic heterocycles. The highest BCUT2D eigenvalue weighted by atomic mass is 19.1. The first kappa shape index (κ1) is 19.6. The van der Waals surface area contributed by atoms with E-state index in [0.717, 1.165) is 0 Å². The number of hydrogen-bond acceptors (Lipinski definition) is 5. The number of fused-ring (bicyclic) bond motifs is 1. The van der Waals surface area contributed by atoms with Gasteiger partial charge in [-0.3, -0.25) is 14.4 Å². The fraction of sp³-hybridized carbons (Fsp3) is 0.316. The minimum absolute atomic E-state index is 0.0881. The lowest BCUT2D eigenvalue weighted by Crippen LogP contribution is -2.44. The van der Waals surface area contributed by atoms with Gasteiger partial charge >= 0.3 is 0 Å². The number of hydrogen-bond donors (Lipinski definition) is 2. The third kappa shape index (κ3) is 3.89. The van der Waals surface area contributed by atoms with Crippen molar-refractivity contribution in [2.24, 2.45) is 0 Å². The van der Waals surface area contributed by atoms with Gasteiger partial charge in [0.25, 0.3) is 11.8 Å². The molecule has 0 aliphatic carbocycles. The van der Waals surface area contributed by atoms with E-state index in [-0.39, 0.29) is 17.8 Å². The lowest BCUT2D eigenvalue weighted by Gasteiger charge is -2.30. The van der Waals surface area contributed by atoms with Gasteiger partial charge in [-0.05, 0) is 17.7 Å². The third-order valence-corrected chi connectivity index (χ3v) is 4.53. The predicted molar refractivity (Wildman–Crippen MR) is 97.7 cm³/mol. The van der Waals surface area contributed by atoms with Crippen LogP contribution in [0.25, 0.3) is 0 Å². The van der Waals surface area contributed by atoms with Crippen LogP contribution < -0.4 is 10.7 Å². The van der Waals surface area contributed by atoms with Crippen LogP contribution in [0.3, 0.4) is 0 Å². The van der Waals surface area contributed by atoms with E-state index in [9.17, 15) is 23.9 Å². The van der Waals surface area contributed by atoms with Crippen LogP contribution in [0.2, 0.25) is 0 Å². The summed E-state index contributed by atoms with van der Waals surface area (Å²) >= 11 is 0. The molecule has 3 rings (SSSR count). The summed E-state index contributed by atoms with van der Waals surface area (Å²) in [6.07, 6.45) is 1.28. The minimum Gasteiger partial charge on any atom is -0.503 e. The number of nitrogens with zero attached hydrogens (tertiary/aromatic N) is 2. The van der Waals surface area contributed by atoms with Crippen LogP contribution in [-0.2, 0) is 17.8 Å². The van der Waals surface area contributed by atoms with Gasteiger partial charge in [-0.2, -0.15) is 0 Å². The molecule has 0 atom stereocenters. The largest absolute Gasteiger partial charge is 0.503 e. The van der Waals surface area contributed by atoms with Gasteiger partial charge in [-0.1, -0.05) is 12.1 Å². The van der Waals surface area contributed by atoms with Crippen molar-refractivity contribution in [1.29, 1.82) is 0 Å². The summed E-state index contributed by atoms with van der Waals surface area (Å²) in [5.74, 6) is -2.32. The Morgan fingerprint density at radius 3 is 2.64 bits per heavy atom. The van der Waals surface area contributed by atoms with Crippen molar-refractivity contribution in [3.8, 4) is 5.75 Å². The van der Waals surface area contributed by atoms with Crippen molar-refractivity contribution in [3.63, 3.8) is 0 Å². The van der Waals surface area contributed by atoms with Crippen molar-refractivity contribution >= 4 is 11.8 Å². The number of nitrogens with one attached hydrogen (secondary N) is 1. The predicted octanol–water partition coefficient (Wildman–Crippen LogP) is 0.725. The van der Waals surface area contributed by atoms with Crippen LogP contribution in [0.5, 0.6) is 5.75 Å². The van der Waals surface area contributed by atoms with Gasteiger partial charge in [0.15, 0.2) is 11.4 Å². The first-order valence-electron chi connectivity index (χ1n) is 8.69. The standard InChI is InChI=1S/C19H20FN3O5/c1-28-9-8-22-6-7-23-11-14(16(24)17(25)15(23)19(22)27)18(26)21-10-12-2-4-13(20)5-3-12/h2-5,11,25H,6-10H2,1H3,(H,21,26). The normalized spacial score (nSPS) is 13.4. The van der Waals surface area contributed by atoms with E-state index in [1.807, 2.05) is 0 Å². The van der Waals surface area contributed by atoms with E-state index in [1.165, 1.54) is 47.0 Å². The summed E-state index contributed by atoms with van der Waals surface area (Å²) in [5.41, 5.74) is -0.658. The quantitative estimate of drug-likeness (QED) is 0.759. The van der Waals surface area contributed by atoms with Crippen molar-refractivity contribution in [2.75, 3.05) is 26.8 Å². The number of carbonyl (C=O) groups is 2. The van der Waals surface area contributed by atoms with Gasteiger partial charge < -0.3 is 24.6 Å². The molecule has 8 nitrogen and oxygen atoms in total. The Morgan fingerprint density at radius 2 is 1.96 bits per heavy atom. The van der Waals surface area contributed by atoms with Crippen LogP contribution in [0.1, 0.15) is 26.4 Å². The van der Waals surface area contributed by atoms with E-state index in [4.69, 9.17) is 4.74 Å². The Kier molecular flexibility index (Phi) is 5.74. The van der Waals surface area contributed by atoms with E-state index < -0.39 is 28.8 Å². The van der Waals surface area contributed by atoms with Gasteiger partial charge in [0.05, 0.1) is 6.61 Å². The lowest BCUT2D eigenvalue weighted by atomic mass is 10.1. The fourth-order valence-electron chi connectivity index (χ4n) is 2.99. The molecule has 2 N–H and O–H groups in total.